The number of nitrogens with zero attached hydrogens (tertiary/aromatic N) is 4. The van der Waals surface area contributed by atoms with Gasteiger partial charge in [0.2, 0.25) is 0 Å². The summed E-state index contributed by atoms with van der Waals surface area (Å²) in [7, 11) is 0. The maximum absolute atomic E-state index is 12.0. The third kappa shape index (κ3) is 2.17. The first kappa shape index (κ1) is 14.5. The van der Waals surface area contributed by atoms with Gasteiger partial charge in [-0.05, 0) is 37.7 Å². The fraction of sp³-hybridized carbons (Fsp3) is 0.588. The molecule has 0 aromatic carbocycles. The zero-order valence-corrected chi connectivity index (χ0v) is 14.4. The highest BCUT2D eigenvalue weighted by atomic mass is 32.1. The average molecular weight is 343 g/mol. The van der Waals surface area contributed by atoms with Crippen LogP contribution in [0.2, 0.25) is 0 Å². The van der Waals surface area contributed by atoms with Gasteiger partial charge in [-0.15, -0.1) is 11.3 Å². The van der Waals surface area contributed by atoms with Crippen molar-refractivity contribution in [1.29, 1.82) is 0 Å². The largest absolute Gasteiger partial charge is 0.354 e. The second kappa shape index (κ2) is 5.58. The van der Waals surface area contributed by atoms with Crippen molar-refractivity contribution in [3.8, 4) is 0 Å². The van der Waals surface area contributed by atoms with Gasteiger partial charge in [-0.2, -0.15) is 0 Å². The number of fused-ring (bicyclic) bond motifs is 3. The summed E-state index contributed by atoms with van der Waals surface area (Å²) >= 11 is 1.84. The molecule has 1 aliphatic carbocycles. The number of thiophene rings is 1. The number of aryl methyl sites for hydroxylation is 2. The Morgan fingerprint density at radius 1 is 1.21 bits per heavy atom. The lowest BCUT2D eigenvalue weighted by atomic mass is 10.0. The molecular weight excluding hydrogens is 322 g/mol. The molecule has 0 spiro atoms. The van der Waals surface area contributed by atoms with Gasteiger partial charge >= 0.3 is 6.03 Å². The summed E-state index contributed by atoms with van der Waals surface area (Å²) in [5, 5.41) is 4.20. The molecular formula is C17H21N5OS. The molecule has 0 bridgehead atoms. The third-order valence-electron chi connectivity index (χ3n) is 5.51. The van der Waals surface area contributed by atoms with Crippen LogP contribution in [-0.4, -0.2) is 53.1 Å². The number of carbonyl (C=O) groups excluding carboxylic acids is 1. The van der Waals surface area contributed by atoms with Crippen LogP contribution >= 0.6 is 11.3 Å². The van der Waals surface area contributed by atoms with Gasteiger partial charge in [0.25, 0.3) is 0 Å². The fourth-order valence-corrected chi connectivity index (χ4v) is 5.61. The van der Waals surface area contributed by atoms with Crippen molar-refractivity contribution < 1.29 is 4.79 Å². The van der Waals surface area contributed by atoms with E-state index in [1.807, 2.05) is 16.2 Å². The van der Waals surface area contributed by atoms with Crippen LogP contribution in [0.5, 0.6) is 0 Å². The van der Waals surface area contributed by atoms with Crippen LogP contribution in [0.1, 0.15) is 29.7 Å². The molecule has 0 unspecified atom stereocenters. The quantitative estimate of drug-likeness (QED) is 0.908. The Morgan fingerprint density at radius 2 is 2.17 bits per heavy atom. The molecule has 4 heterocycles. The van der Waals surface area contributed by atoms with Crippen molar-refractivity contribution in [2.45, 2.75) is 38.1 Å². The smallest absolute Gasteiger partial charge is 0.317 e. The molecule has 0 saturated carbocycles. The van der Waals surface area contributed by atoms with E-state index in [9.17, 15) is 4.79 Å². The Hall–Kier alpha value is -1.89. The van der Waals surface area contributed by atoms with Gasteiger partial charge < -0.3 is 15.1 Å². The van der Waals surface area contributed by atoms with E-state index in [0.717, 1.165) is 56.1 Å². The SMILES string of the molecule is O=C1NCCN1[C@H]1CCCN(c2ncnc3sc4c(c23)CCC4)C1. The monoisotopic (exact) mass is 343 g/mol. The Kier molecular flexibility index (Phi) is 3.36. The number of piperidine rings is 1. The number of urea groups is 1. The number of aromatic nitrogens is 2. The van der Waals surface area contributed by atoms with Crippen molar-refractivity contribution in [3.63, 3.8) is 0 Å². The zero-order chi connectivity index (χ0) is 16.1. The van der Waals surface area contributed by atoms with E-state index in [1.165, 1.54) is 28.7 Å². The van der Waals surface area contributed by atoms with E-state index in [1.54, 1.807) is 6.33 Å². The molecule has 2 amide bonds. The van der Waals surface area contributed by atoms with Crippen LogP contribution in [0.25, 0.3) is 10.2 Å². The highest BCUT2D eigenvalue weighted by Crippen LogP contribution is 2.40. The number of carbonyl (C=O) groups is 1. The summed E-state index contributed by atoms with van der Waals surface area (Å²) in [4.78, 5) is 28.2. The summed E-state index contributed by atoms with van der Waals surface area (Å²) < 4.78 is 0. The van der Waals surface area contributed by atoms with Gasteiger partial charge in [-0.3, -0.25) is 0 Å². The molecule has 5 rings (SSSR count). The first-order valence-electron chi connectivity index (χ1n) is 8.86. The molecule has 1 atom stereocenters. The molecule has 2 aliphatic heterocycles. The first-order valence-corrected chi connectivity index (χ1v) is 9.67. The lowest BCUT2D eigenvalue weighted by Crippen LogP contribution is -2.49. The molecule has 2 fully saturated rings. The van der Waals surface area contributed by atoms with Gasteiger partial charge in [0.15, 0.2) is 0 Å². The molecule has 2 aromatic rings. The summed E-state index contributed by atoms with van der Waals surface area (Å²) in [6.07, 6.45) is 7.48. The topological polar surface area (TPSA) is 61.4 Å². The Bertz CT molecular complexity index is 804. The number of nitrogens with one attached hydrogen (secondary N) is 1. The number of amides is 2. The molecule has 0 radical (unpaired) electrons. The molecule has 2 aromatic heterocycles. The number of hydrogen-bond acceptors (Lipinski definition) is 5. The summed E-state index contributed by atoms with van der Waals surface area (Å²) in [5.74, 6) is 1.09. The van der Waals surface area contributed by atoms with Crippen molar-refractivity contribution in [2.75, 3.05) is 31.1 Å². The Labute approximate surface area is 144 Å². The molecule has 6 nitrogen and oxygen atoms in total. The minimum Gasteiger partial charge on any atom is -0.354 e. The minimum absolute atomic E-state index is 0.0890. The Morgan fingerprint density at radius 3 is 3.04 bits per heavy atom. The van der Waals surface area contributed by atoms with Crippen LogP contribution in [0.4, 0.5) is 10.6 Å². The van der Waals surface area contributed by atoms with Gasteiger partial charge in [-0.1, -0.05) is 0 Å². The normalized spacial score (nSPS) is 23.8. The fourth-order valence-electron chi connectivity index (χ4n) is 4.39. The third-order valence-corrected chi connectivity index (χ3v) is 6.71. The van der Waals surface area contributed by atoms with Gasteiger partial charge in [0.1, 0.15) is 17.0 Å². The molecule has 1 N–H and O–H groups in total. The van der Waals surface area contributed by atoms with Gasteiger partial charge in [-0.25, -0.2) is 14.8 Å². The van der Waals surface area contributed by atoms with E-state index < -0.39 is 0 Å². The van der Waals surface area contributed by atoms with Crippen molar-refractivity contribution in [3.05, 3.63) is 16.8 Å². The summed E-state index contributed by atoms with van der Waals surface area (Å²) in [6.45, 7) is 3.49. The maximum Gasteiger partial charge on any atom is 0.317 e. The average Bonchev–Trinajstić information content (AvgIpc) is 3.30. The first-order chi connectivity index (χ1) is 11.8. The van der Waals surface area contributed by atoms with Crippen LogP contribution in [0, 0.1) is 0 Å². The van der Waals surface area contributed by atoms with E-state index >= 15 is 0 Å². The van der Waals surface area contributed by atoms with Gasteiger partial charge in [0, 0.05) is 31.1 Å². The molecule has 3 aliphatic rings. The van der Waals surface area contributed by atoms with Crippen LogP contribution < -0.4 is 10.2 Å². The molecule has 2 saturated heterocycles. The Balaban J connectivity index is 1.49. The molecule has 126 valence electrons. The van der Waals surface area contributed by atoms with Gasteiger partial charge in [0.05, 0.1) is 11.4 Å². The molecule has 24 heavy (non-hydrogen) atoms. The second-order valence-corrected chi connectivity index (χ2v) is 7.99. The predicted octanol–water partition coefficient (Wildman–Crippen LogP) is 2.17. The highest BCUT2D eigenvalue weighted by molar-refractivity contribution is 7.19. The zero-order valence-electron chi connectivity index (χ0n) is 13.6. The number of hydrogen-bond donors (Lipinski definition) is 1. The predicted molar refractivity (Wildman–Crippen MR) is 94.8 cm³/mol. The van der Waals surface area contributed by atoms with E-state index in [-0.39, 0.29) is 12.1 Å². The summed E-state index contributed by atoms with van der Waals surface area (Å²) in [6, 6.07) is 0.379. The van der Waals surface area contributed by atoms with Crippen molar-refractivity contribution in [2.24, 2.45) is 0 Å². The van der Waals surface area contributed by atoms with Crippen LogP contribution in [0.3, 0.4) is 0 Å². The van der Waals surface area contributed by atoms with E-state index in [2.05, 4.69) is 20.2 Å². The number of anilines is 1. The highest BCUT2D eigenvalue weighted by Gasteiger charge is 2.33. The van der Waals surface area contributed by atoms with Crippen LogP contribution in [0.15, 0.2) is 6.33 Å². The van der Waals surface area contributed by atoms with Crippen LogP contribution in [-0.2, 0) is 12.8 Å². The van der Waals surface area contributed by atoms with Crippen molar-refractivity contribution in [1.82, 2.24) is 20.2 Å². The van der Waals surface area contributed by atoms with E-state index in [0.29, 0.717) is 0 Å². The second-order valence-electron chi connectivity index (χ2n) is 6.90. The number of rotatable bonds is 2. The van der Waals surface area contributed by atoms with E-state index in [4.69, 9.17) is 0 Å². The lowest BCUT2D eigenvalue weighted by Gasteiger charge is -2.37. The maximum atomic E-state index is 12.0. The lowest BCUT2D eigenvalue weighted by molar-refractivity contribution is 0.189. The summed E-state index contributed by atoms with van der Waals surface area (Å²) in [5.41, 5.74) is 1.48. The van der Waals surface area contributed by atoms with Crippen molar-refractivity contribution >= 4 is 33.4 Å². The minimum atomic E-state index is 0.0890. The molecule has 7 heteroatoms. The standard InChI is InChI=1S/C17H21N5OS/c23-17-18-6-8-22(17)11-3-2-7-21(9-11)15-14-12-4-1-5-13(12)24-16(14)20-10-19-15/h10-11H,1-9H2,(H,18,23)/t11-/m0/s1.